The van der Waals surface area contributed by atoms with Gasteiger partial charge in [0.1, 0.15) is 46.9 Å². The minimum atomic E-state index is -1.69. The fraction of sp³-hybridized carbons (Fsp3) is 0.350. The van der Waals surface area contributed by atoms with Crippen LogP contribution < -0.4 is 14.9 Å². The second-order valence-electron chi connectivity index (χ2n) is 6.90. The Bertz CT molecular complexity index is 1140. The number of ether oxygens (including phenoxy) is 3. The predicted molar refractivity (Wildman–Crippen MR) is 103 cm³/mol. The third-order valence-electron chi connectivity index (χ3n) is 5.02. The summed E-state index contributed by atoms with van der Waals surface area (Å²) >= 11 is 0. The van der Waals surface area contributed by atoms with E-state index in [2.05, 4.69) is 0 Å². The lowest BCUT2D eigenvalue weighted by atomic mass is 9.99. The fourth-order valence-corrected chi connectivity index (χ4v) is 3.47. The van der Waals surface area contributed by atoms with Gasteiger partial charge < -0.3 is 44.2 Å². The van der Waals surface area contributed by atoms with Crippen LogP contribution in [0.1, 0.15) is 0 Å². The lowest BCUT2D eigenvalue weighted by Crippen LogP contribution is -2.60. The first kappa shape index (κ1) is 20.4. The number of benzene rings is 2. The molecule has 5 atom stereocenters. The number of phenolic OH excluding ortho intramolecular Hbond substituents is 1. The van der Waals surface area contributed by atoms with Crippen LogP contribution in [0.2, 0.25) is 0 Å². The van der Waals surface area contributed by atoms with E-state index in [4.69, 9.17) is 18.6 Å². The van der Waals surface area contributed by atoms with Crippen LogP contribution in [0, 0.1) is 0 Å². The molecule has 160 valence electrons. The maximum Gasteiger partial charge on any atom is 0.229 e. The summed E-state index contributed by atoms with van der Waals surface area (Å²) in [5.41, 5.74) is -0.303. The Kier molecular flexibility index (Phi) is 5.26. The first-order valence-corrected chi connectivity index (χ1v) is 9.09. The SMILES string of the molecule is COc1cccc2c(=O)c3c(OC4OC(CO)C(O)C(O)C4O)cc(O)cc3oc12. The molecule has 1 aliphatic rings. The van der Waals surface area contributed by atoms with Crippen molar-refractivity contribution in [3.63, 3.8) is 0 Å². The summed E-state index contributed by atoms with van der Waals surface area (Å²) < 4.78 is 21.9. The molecule has 0 bridgehead atoms. The van der Waals surface area contributed by atoms with E-state index in [1.54, 1.807) is 12.1 Å². The molecule has 10 heteroatoms. The van der Waals surface area contributed by atoms with E-state index in [9.17, 15) is 30.3 Å². The minimum absolute atomic E-state index is 0.00316. The highest BCUT2D eigenvalue weighted by atomic mass is 16.7. The van der Waals surface area contributed by atoms with E-state index < -0.39 is 42.7 Å². The van der Waals surface area contributed by atoms with Gasteiger partial charge in [-0.3, -0.25) is 4.79 Å². The highest BCUT2D eigenvalue weighted by molar-refractivity contribution is 5.95. The molecular formula is C20H20O10. The number of phenols is 1. The van der Waals surface area contributed by atoms with Crippen molar-refractivity contribution in [2.24, 2.45) is 0 Å². The monoisotopic (exact) mass is 420 g/mol. The predicted octanol–water partition coefficient (Wildman–Crippen LogP) is -0.161. The average Bonchev–Trinajstić information content (AvgIpc) is 2.73. The highest BCUT2D eigenvalue weighted by Crippen LogP contribution is 2.35. The van der Waals surface area contributed by atoms with E-state index in [0.29, 0.717) is 5.75 Å². The first-order valence-electron chi connectivity index (χ1n) is 9.09. The second-order valence-corrected chi connectivity index (χ2v) is 6.90. The van der Waals surface area contributed by atoms with Crippen LogP contribution in [0.15, 0.2) is 39.5 Å². The van der Waals surface area contributed by atoms with E-state index in [1.807, 2.05) is 0 Å². The molecule has 1 aromatic heterocycles. The first-order chi connectivity index (χ1) is 14.3. The summed E-state index contributed by atoms with van der Waals surface area (Å²) in [7, 11) is 1.43. The van der Waals surface area contributed by atoms with Gasteiger partial charge in [-0.2, -0.15) is 0 Å². The van der Waals surface area contributed by atoms with E-state index in [0.717, 1.165) is 6.07 Å². The van der Waals surface area contributed by atoms with Crippen molar-refractivity contribution in [1.29, 1.82) is 0 Å². The van der Waals surface area contributed by atoms with Gasteiger partial charge in [-0.25, -0.2) is 0 Å². The van der Waals surface area contributed by atoms with Crippen molar-refractivity contribution in [3.8, 4) is 17.2 Å². The van der Waals surface area contributed by atoms with Crippen LogP contribution in [-0.2, 0) is 4.74 Å². The summed E-state index contributed by atoms with van der Waals surface area (Å²) in [6, 6.07) is 7.12. The molecule has 2 aromatic carbocycles. The van der Waals surface area contributed by atoms with Crippen LogP contribution in [0.5, 0.6) is 17.2 Å². The van der Waals surface area contributed by atoms with Crippen LogP contribution in [0.25, 0.3) is 21.9 Å². The Balaban J connectivity index is 1.85. The largest absolute Gasteiger partial charge is 0.508 e. The van der Waals surface area contributed by atoms with Gasteiger partial charge in [0.05, 0.1) is 19.1 Å². The molecular weight excluding hydrogens is 400 g/mol. The Morgan fingerprint density at radius 3 is 2.53 bits per heavy atom. The molecule has 0 amide bonds. The molecule has 5 N–H and O–H groups in total. The van der Waals surface area contributed by atoms with Gasteiger partial charge in [-0.15, -0.1) is 0 Å². The lowest BCUT2D eigenvalue weighted by molar-refractivity contribution is -0.277. The summed E-state index contributed by atoms with van der Waals surface area (Å²) in [6.45, 7) is -0.641. The van der Waals surface area contributed by atoms with Gasteiger partial charge in [-0.1, -0.05) is 6.07 Å². The van der Waals surface area contributed by atoms with Crippen LogP contribution in [0.3, 0.4) is 0 Å². The highest BCUT2D eigenvalue weighted by Gasteiger charge is 2.45. The number of hydrogen-bond donors (Lipinski definition) is 5. The topological polar surface area (TPSA) is 159 Å². The average molecular weight is 420 g/mol. The van der Waals surface area contributed by atoms with Gasteiger partial charge >= 0.3 is 0 Å². The van der Waals surface area contributed by atoms with Gasteiger partial charge in [0.2, 0.25) is 11.7 Å². The molecule has 4 rings (SSSR count). The Morgan fingerprint density at radius 1 is 1.07 bits per heavy atom. The van der Waals surface area contributed by atoms with Crippen molar-refractivity contribution < 1.29 is 44.2 Å². The third-order valence-corrected chi connectivity index (χ3v) is 5.02. The number of aromatic hydroxyl groups is 1. The molecule has 1 saturated heterocycles. The number of para-hydroxylation sites is 1. The molecule has 1 fully saturated rings. The third kappa shape index (κ3) is 3.24. The van der Waals surface area contributed by atoms with Crippen LogP contribution >= 0.6 is 0 Å². The zero-order chi connectivity index (χ0) is 21.6. The van der Waals surface area contributed by atoms with Gasteiger partial charge in [0, 0.05) is 12.1 Å². The number of methoxy groups -OCH3 is 1. The normalized spacial score (nSPS) is 26.8. The molecule has 5 unspecified atom stereocenters. The summed E-state index contributed by atoms with van der Waals surface area (Å²) in [5.74, 6) is -0.140. The maximum absolute atomic E-state index is 13.1. The van der Waals surface area contributed by atoms with Crippen LogP contribution in [0.4, 0.5) is 0 Å². The maximum atomic E-state index is 13.1. The van der Waals surface area contributed by atoms with Crippen molar-refractivity contribution in [2.75, 3.05) is 13.7 Å². The van der Waals surface area contributed by atoms with E-state index in [-0.39, 0.29) is 33.4 Å². The summed E-state index contributed by atoms with van der Waals surface area (Å²) in [6.07, 6.45) is -7.64. The molecule has 10 nitrogen and oxygen atoms in total. The molecule has 3 aromatic rings. The van der Waals surface area contributed by atoms with Crippen molar-refractivity contribution in [1.82, 2.24) is 0 Å². The number of rotatable bonds is 4. The molecule has 2 heterocycles. The smallest absolute Gasteiger partial charge is 0.229 e. The summed E-state index contributed by atoms with van der Waals surface area (Å²) in [4.78, 5) is 13.1. The van der Waals surface area contributed by atoms with Crippen molar-refractivity contribution in [3.05, 3.63) is 40.6 Å². The Morgan fingerprint density at radius 2 is 1.83 bits per heavy atom. The lowest BCUT2D eigenvalue weighted by Gasteiger charge is -2.39. The number of aliphatic hydroxyl groups excluding tert-OH is 4. The van der Waals surface area contributed by atoms with E-state index in [1.165, 1.54) is 19.2 Å². The molecule has 1 aliphatic heterocycles. The molecule has 0 radical (unpaired) electrons. The molecule has 0 saturated carbocycles. The zero-order valence-electron chi connectivity index (χ0n) is 15.8. The summed E-state index contributed by atoms with van der Waals surface area (Å²) in [5, 5.41) is 49.6. The standard InChI is InChI=1S/C20H20O10/c1-27-10-4-2-3-9-15(23)14-11(28-19(9)10)5-8(22)6-12(14)29-20-18(26)17(25)16(24)13(7-21)30-20/h2-6,13,16-18,20-22,24-26H,7H2,1H3. The Hall–Kier alpha value is -2.89. The number of fused-ring (bicyclic) bond motifs is 2. The number of aliphatic hydroxyl groups is 4. The molecule has 30 heavy (non-hydrogen) atoms. The van der Waals surface area contributed by atoms with Crippen molar-refractivity contribution >= 4 is 21.9 Å². The van der Waals surface area contributed by atoms with E-state index >= 15 is 0 Å². The fourth-order valence-electron chi connectivity index (χ4n) is 3.47. The second kappa shape index (κ2) is 7.74. The molecule has 0 spiro atoms. The zero-order valence-corrected chi connectivity index (χ0v) is 15.8. The number of hydrogen-bond acceptors (Lipinski definition) is 10. The Labute approximate surface area is 169 Å². The van der Waals surface area contributed by atoms with Gasteiger partial charge in [0.25, 0.3) is 0 Å². The van der Waals surface area contributed by atoms with Crippen LogP contribution in [-0.4, -0.2) is 70.0 Å². The van der Waals surface area contributed by atoms with Gasteiger partial charge in [-0.05, 0) is 12.1 Å². The minimum Gasteiger partial charge on any atom is -0.508 e. The molecule has 0 aliphatic carbocycles. The van der Waals surface area contributed by atoms with Crippen molar-refractivity contribution in [2.45, 2.75) is 30.7 Å². The van der Waals surface area contributed by atoms with Gasteiger partial charge in [0.15, 0.2) is 11.3 Å². The quantitative estimate of drug-likeness (QED) is 0.359.